The van der Waals surface area contributed by atoms with E-state index in [9.17, 15) is 13.2 Å². The quantitative estimate of drug-likeness (QED) is 0.469. The van der Waals surface area contributed by atoms with E-state index in [0.717, 1.165) is 10.8 Å². The number of hydrogen-bond acceptors (Lipinski definition) is 3. The summed E-state index contributed by atoms with van der Waals surface area (Å²) >= 11 is 0. The second-order valence-corrected chi connectivity index (χ2v) is 8.60. The number of carbonyl (C=O) groups excluding carboxylic acids is 1. The molecule has 30 heavy (non-hydrogen) atoms. The van der Waals surface area contributed by atoms with Gasteiger partial charge < -0.3 is 5.32 Å². The molecule has 0 aromatic heterocycles. The van der Waals surface area contributed by atoms with Gasteiger partial charge in [-0.15, -0.1) is 0 Å². The normalized spacial score (nSPS) is 11.2. The fourth-order valence-electron chi connectivity index (χ4n) is 3.26. The lowest BCUT2D eigenvalue weighted by atomic mass is 10.1. The zero-order valence-electron chi connectivity index (χ0n) is 16.3. The maximum absolute atomic E-state index is 12.9. The summed E-state index contributed by atoms with van der Waals surface area (Å²) in [5, 5.41) is 5.01. The molecule has 0 aliphatic rings. The SMILES string of the molecule is Cc1c(NS(=O)(=O)c2ccccc2)cccc1C(=O)Nc1ccc2ccccc2c1. The third-order valence-corrected chi connectivity index (χ3v) is 6.26. The number of nitrogens with one attached hydrogen (secondary N) is 2. The minimum atomic E-state index is -3.74. The summed E-state index contributed by atoms with van der Waals surface area (Å²) in [6.45, 7) is 1.72. The number of anilines is 2. The average Bonchev–Trinajstić information content (AvgIpc) is 2.75. The Kier molecular flexibility index (Phi) is 5.25. The van der Waals surface area contributed by atoms with Crippen molar-refractivity contribution in [2.24, 2.45) is 0 Å². The molecule has 0 atom stereocenters. The van der Waals surface area contributed by atoms with Crippen molar-refractivity contribution in [2.75, 3.05) is 10.0 Å². The molecule has 0 unspecified atom stereocenters. The molecule has 2 N–H and O–H groups in total. The average molecular weight is 417 g/mol. The second-order valence-electron chi connectivity index (χ2n) is 6.91. The van der Waals surface area contributed by atoms with Gasteiger partial charge >= 0.3 is 0 Å². The van der Waals surface area contributed by atoms with Crippen LogP contribution in [-0.4, -0.2) is 14.3 Å². The predicted molar refractivity (Wildman–Crippen MR) is 120 cm³/mol. The summed E-state index contributed by atoms with van der Waals surface area (Å²) in [6.07, 6.45) is 0. The minimum Gasteiger partial charge on any atom is -0.322 e. The monoisotopic (exact) mass is 416 g/mol. The number of rotatable bonds is 5. The third-order valence-electron chi connectivity index (χ3n) is 4.88. The Labute approximate surface area is 175 Å². The molecule has 5 nitrogen and oxygen atoms in total. The molecule has 0 saturated heterocycles. The summed E-state index contributed by atoms with van der Waals surface area (Å²) in [6, 6.07) is 26.7. The fourth-order valence-corrected chi connectivity index (χ4v) is 4.40. The highest BCUT2D eigenvalue weighted by atomic mass is 32.2. The van der Waals surface area contributed by atoms with E-state index in [1.165, 1.54) is 12.1 Å². The molecule has 0 bridgehead atoms. The van der Waals surface area contributed by atoms with Gasteiger partial charge in [0, 0.05) is 11.3 Å². The first-order valence-electron chi connectivity index (χ1n) is 9.42. The summed E-state index contributed by atoms with van der Waals surface area (Å²) in [5.41, 5.74) is 1.99. The summed E-state index contributed by atoms with van der Waals surface area (Å²) in [5.74, 6) is -0.302. The zero-order valence-corrected chi connectivity index (χ0v) is 17.1. The van der Waals surface area contributed by atoms with E-state index in [0.29, 0.717) is 22.5 Å². The van der Waals surface area contributed by atoms with Crippen LogP contribution in [0, 0.1) is 6.92 Å². The van der Waals surface area contributed by atoms with Crippen LogP contribution in [0.4, 0.5) is 11.4 Å². The third kappa shape index (κ3) is 4.04. The standard InChI is InChI=1S/C24H20N2O3S/c1-17-22(24(27)25-20-15-14-18-8-5-6-9-19(18)16-20)12-7-13-23(17)26-30(28,29)21-10-3-2-4-11-21/h2-16,26H,1H3,(H,25,27). The highest BCUT2D eigenvalue weighted by molar-refractivity contribution is 7.92. The van der Waals surface area contributed by atoms with Gasteiger partial charge in [-0.3, -0.25) is 9.52 Å². The lowest BCUT2D eigenvalue weighted by Crippen LogP contribution is -2.17. The number of hydrogen-bond donors (Lipinski definition) is 2. The van der Waals surface area contributed by atoms with Crippen molar-refractivity contribution in [2.45, 2.75) is 11.8 Å². The van der Waals surface area contributed by atoms with Crippen LogP contribution in [0.15, 0.2) is 95.9 Å². The lowest BCUT2D eigenvalue weighted by Gasteiger charge is -2.14. The molecule has 0 radical (unpaired) electrons. The first kappa shape index (κ1) is 19.7. The largest absolute Gasteiger partial charge is 0.322 e. The van der Waals surface area contributed by atoms with Crippen LogP contribution in [-0.2, 0) is 10.0 Å². The van der Waals surface area contributed by atoms with Gasteiger partial charge in [0.1, 0.15) is 0 Å². The van der Waals surface area contributed by atoms with Crippen molar-refractivity contribution < 1.29 is 13.2 Å². The molecular formula is C24H20N2O3S. The van der Waals surface area contributed by atoms with Crippen LogP contribution < -0.4 is 10.0 Å². The van der Waals surface area contributed by atoms with Gasteiger partial charge in [-0.1, -0.05) is 54.6 Å². The molecule has 0 saturated carbocycles. The molecule has 0 aliphatic carbocycles. The molecule has 4 aromatic carbocycles. The van der Waals surface area contributed by atoms with Gasteiger partial charge in [0.05, 0.1) is 10.6 Å². The van der Waals surface area contributed by atoms with Gasteiger partial charge in [-0.25, -0.2) is 8.42 Å². The molecule has 4 rings (SSSR count). The maximum Gasteiger partial charge on any atom is 0.261 e. The van der Waals surface area contributed by atoms with E-state index < -0.39 is 10.0 Å². The van der Waals surface area contributed by atoms with Crippen molar-refractivity contribution in [3.05, 3.63) is 102 Å². The molecule has 0 aliphatic heterocycles. The molecular weight excluding hydrogens is 396 g/mol. The second kappa shape index (κ2) is 8.00. The summed E-state index contributed by atoms with van der Waals surface area (Å²) in [4.78, 5) is 13.0. The molecule has 0 heterocycles. The van der Waals surface area contributed by atoms with Crippen molar-refractivity contribution in [3.8, 4) is 0 Å². The number of carbonyl (C=O) groups is 1. The Morgan fingerprint density at radius 2 is 1.47 bits per heavy atom. The Morgan fingerprint density at radius 3 is 2.23 bits per heavy atom. The van der Waals surface area contributed by atoms with Crippen molar-refractivity contribution in [1.29, 1.82) is 0 Å². The smallest absolute Gasteiger partial charge is 0.261 e. The molecule has 1 amide bonds. The van der Waals surface area contributed by atoms with Gasteiger partial charge in [-0.2, -0.15) is 0 Å². The van der Waals surface area contributed by atoms with E-state index >= 15 is 0 Å². The first-order chi connectivity index (χ1) is 14.4. The summed E-state index contributed by atoms with van der Waals surface area (Å²) in [7, 11) is -3.74. The van der Waals surface area contributed by atoms with Gasteiger partial charge in [-0.05, 0) is 59.7 Å². The molecule has 0 spiro atoms. The summed E-state index contributed by atoms with van der Waals surface area (Å²) < 4.78 is 27.9. The highest BCUT2D eigenvalue weighted by Gasteiger charge is 2.18. The number of sulfonamides is 1. The van der Waals surface area contributed by atoms with Crippen LogP contribution in [0.2, 0.25) is 0 Å². The van der Waals surface area contributed by atoms with Crippen molar-refractivity contribution in [3.63, 3.8) is 0 Å². The lowest BCUT2D eigenvalue weighted by molar-refractivity contribution is 0.102. The Hall–Kier alpha value is -3.64. The van der Waals surface area contributed by atoms with Crippen LogP contribution in [0.5, 0.6) is 0 Å². The van der Waals surface area contributed by atoms with Gasteiger partial charge in [0.2, 0.25) is 0 Å². The Bertz CT molecular complexity index is 1330. The maximum atomic E-state index is 12.9. The van der Waals surface area contributed by atoms with Crippen LogP contribution in [0.3, 0.4) is 0 Å². The first-order valence-corrected chi connectivity index (χ1v) is 10.9. The van der Waals surface area contributed by atoms with Gasteiger partial charge in [0.15, 0.2) is 0 Å². The number of amides is 1. The zero-order chi connectivity index (χ0) is 21.1. The van der Waals surface area contributed by atoms with E-state index in [4.69, 9.17) is 0 Å². The van der Waals surface area contributed by atoms with E-state index in [2.05, 4.69) is 10.0 Å². The highest BCUT2D eigenvalue weighted by Crippen LogP contribution is 2.24. The van der Waals surface area contributed by atoms with Gasteiger partial charge in [0.25, 0.3) is 15.9 Å². The van der Waals surface area contributed by atoms with E-state index in [1.54, 1.807) is 43.3 Å². The molecule has 150 valence electrons. The van der Waals surface area contributed by atoms with Crippen molar-refractivity contribution in [1.82, 2.24) is 0 Å². The Morgan fingerprint density at radius 1 is 0.767 bits per heavy atom. The Balaban J connectivity index is 1.59. The minimum absolute atomic E-state index is 0.162. The molecule has 0 fully saturated rings. The topological polar surface area (TPSA) is 75.3 Å². The fraction of sp³-hybridized carbons (Fsp3) is 0.0417. The number of benzene rings is 4. The molecule has 4 aromatic rings. The molecule has 6 heteroatoms. The predicted octanol–water partition coefficient (Wildman–Crippen LogP) is 5.20. The van der Waals surface area contributed by atoms with E-state index in [-0.39, 0.29) is 10.8 Å². The van der Waals surface area contributed by atoms with Crippen LogP contribution >= 0.6 is 0 Å². The van der Waals surface area contributed by atoms with Crippen LogP contribution in [0.1, 0.15) is 15.9 Å². The van der Waals surface area contributed by atoms with E-state index in [1.807, 2.05) is 42.5 Å². The number of fused-ring (bicyclic) bond motifs is 1. The van der Waals surface area contributed by atoms with Crippen molar-refractivity contribution >= 4 is 38.1 Å². The van der Waals surface area contributed by atoms with Crippen LogP contribution in [0.25, 0.3) is 10.8 Å².